The number of fused-ring (bicyclic) bond motifs is 4. The van der Waals surface area contributed by atoms with Crippen molar-refractivity contribution < 1.29 is 0 Å². The zero-order valence-corrected chi connectivity index (χ0v) is 15.0. The molecule has 0 aliphatic heterocycles. The Balaban J connectivity index is 1.79. The van der Waals surface area contributed by atoms with Crippen molar-refractivity contribution in [3.05, 3.63) is 102 Å². The second kappa shape index (κ2) is 6.40. The van der Waals surface area contributed by atoms with E-state index in [0.717, 1.165) is 24.1 Å². The molecule has 0 fully saturated rings. The number of nitrogens with zero attached hydrogens (tertiary/aromatic N) is 1. The number of hydrogen-bond donors (Lipinski definition) is 1. The fourth-order valence-corrected chi connectivity index (χ4v) is 4.06. The first-order valence-corrected chi connectivity index (χ1v) is 9.36. The molecule has 3 aromatic carbocycles. The summed E-state index contributed by atoms with van der Waals surface area (Å²) in [5, 5.41) is 11.2. The highest BCUT2D eigenvalue weighted by molar-refractivity contribution is 6.14. The van der Waals surface area contributed by atoms with Crippen LogP contribution in [0, 0.1) is 5.41 Å². The van der Waals surface area contributed by atoms with Crippen molar-refractivity contribution in [3.8, 4) is 0 Å². The van der Waals surface area contributed by atoms with Gasteiger partial charge < -0.3 is 9.98 Å². The van der Waals surface area contributed by atoms with Crippen LogP contribution in [0.1, 0.15) is 17.5 Å². The number of nitrogens with one attached hydrogen (secondary N) is 1. The number of aromatic nitrogens is 1. The van der Waals surface area contributed by atoms with Crippen LogP contribution in [0.15, 0.2) is 91.0 Å². The molecule has 0 bridgehead atoms. The van der Waals surface area contributed by atoms with Gasteiger partial charge in [-0.05, 0) is 42.7 Å². The van der Waals surface area contributed by atoms with Crippen LogP contribution >= 0.6 is 0 Å². The van der Waals surface area contributed by atoms with Gasteiger partial charge in [0.1, 0.15) is 0 Å². The second-order valence-electron chi connectivity index (χ2n) is 6.95. The van der Waals surface area contributed by atoms with Crippen molar-refractivity contribution in [1.29, 1.82) is 5.41 Å². The number of hydrogen-bond acceptors (Lipinski definition) is 1. The molecule has 1 aliphatic carbocycles. The fraction of sp³-hybridized carbons (Fsp3) is 0.0800. The summed E-state index contributed by atoms with van der Waals surface area (Å²) >= 11 is 0. The van der Waals surface area contributed by atoms with Crippen molar-refractivity contribution in [3.63, 3.8) is 0 Å². The zero-order chi connectivity index (χ0) is 18.2. The molecule has 0 amide bonds. The Kier molecular flexibility index (Phi) is 3.75. The smallest absolute Gasteiger partial charge is 0.0635 e. The van der Waals surface area contributed by atoms with Gasteiger partial charge in [0.05, 0.1) is 16.7 Å². The van der Waals surface area contributed by atoms with Crippen LogP contribution in [0.5, 0.6) is 0 Å². The SMILES string of the molecule is N=C1/C=C(n2c3ccccc3c3ccccc32)\C=C/CCc2ccccc21. The average molecular weight is 348 g/mol. The third-order valence-electron chi connectivity index (χ3n) is 5.31. The second-order valence-corrected chi connectivity index (χ2v) is 6.95. The lowest BCUT2D eigenvalue weighted by atomic mass is 9.99. The molecule has 2 nitrogen and oxygen atoms in total. The summed E-state index contributed by atoms with van der Waals surface area (Å²) in [4.78, 5) is 0. The normalized spacial score (nSPS) is 17.6. The molecule has 5 rings (SSSR count). The Labute approximate surface area is 158 Å². The largest absolute Gasteiger partial charge is 0.309 e. The summed E-state index contributed by atoms with van der Waals surface area (Å²) in [7, 11) is 0. The van der Waals surface area contributed by atoms with Crippen molar-refractivity contribution >= 4 is 33.2 Å². The van der Waals surface area contributed by atoms with E-state index in [2.05, 4.69) is 83.4 Å². The lowest BCUT2D eigenvalue weighted by molar-refractivity contribution is 0.998. The van der Waals surface area contributed by atoms with Crippen LogP contribution in [-0.2, 0) is 6.42 Å². The predicted molar refractivity (Wildman–Crippen MR) is 114 cm³/mol. The third kappa shape index (κ3) is 2.61. The number of benzene rings is 3. The van der Waals surface area contributed by atoms with E-state index in [1.807, 2.05) is 12.1 Å². The molecule has 1 heterocycles. The Morgan fingerprint density at radius 2 is 1.37 bits per heavy atom. The van der Waals surface area contributed by atoms with E-state index in [9.17, 15) is 0 Å². The summed E-state index contributed by atoms with van der Waals surface area (Å²) in [5.74, 6) is 0. The van der Waals surface area contributed by atoms with Gasteiger partial charge in [-0.15, -0.1) is 0 Å². The highest BCUT2D eigenvalue weighted by atomic mass is 15.0. The molecule has 0 saturated heterocycles. The Bertz CT molecular complexity index is 1180. The fourth-order valence-electron chi connectivity index (χ4n) is 4.06. The monoisotopic (exact) mass is 348 g/mol. The summed E-state index contributed by atoms with van der Waals surface area (Å²) in [5.41, 5.74) is 6.22. The van der Waals surface area contributed by atoms with E-state index >= 15 is 0 Å². The molecule has 130 valence electrons. The molecule has 0 atom stereocenters. The van der Waals surface area contributed by atoms with Crippen molar-refractivity contribution in [2.24, 2.45) is 0 Å². The lowest BCUT2D eigenvalue weighted by Crippen LogP contribution is -2.03. The van der Waals surface area contributed by atoms with E-state index in [-0.39, 0.29) is 0 Å². The Morgan fingerprint density at radius 1 is 0.741 bits per heavy atom. The minimum absolute atomic E-state index is 0.564. The maximum absolute atomic E-state index is 8.73. The molecular formula is C25H20N2. The first kappa shape index (κ1) is 15.8. The molecule has 0 unspecified atom stereocenters. The van der Waals surface area contributed by atoms with Crippen LogP contribution in [0.4, 0.5) is 0 Å². The Hall–Kier alpha value is -3.39. The standard InChI is InChI=1S/C25H20N2/c26-23-17-19(11-3-1-9-18-10-2-4-12-20(18)23)27-24-15-7-5-13-21(24)22-14-6-8-16-25(22)27/h2-8,10-17,26H,1,9H2/b11-3-,19-17+,26-23?. The Morgan fingerprint density at radius 3 is 2.11 bits per heavy atom. The van der Waals surface area contributed by atoms with Gasteiger partial charge in [0, 0.05) is 22.0 Å². The number of aryl methyl sites for hydroxylation is 1. The molecule has 4 aromatic rings. The van der Waals surface area contributed by atoms with Crippen LogP contribution in [-0.4, -0.2) is 10.3 Å². The van der Waals surface area contributed by atoms with Gasteiger partial charge in [0.2, 0.25) is 0 Å². The predicted octanol–water partition coefficient (Wildman–Crippen LogP) is 6.21. The maximum Gasteiger partial charge on any atom is 0.0635 e. The number of allylic oxidation sites excluding steroid dienone is 4. The first-order chi connectivity index (χ1) is 13.3. The number of para-hydroxylation sites is 2. The molecule has 1 aliphatic rings. The van der Waals surface area contributed by atoms with Crippen LogP contribution in [0.3, 0.4) is 0 Å². The molecule has 27 heavy (non-hydrogen) atoms. The van der Waals surface area contributed by atoms with Gasteiger partial charge in [-0.1, -0.05) is 66.7 Å². The summed E-state index contributed by atoms with van der Waals surface area (Å²) < 4.78 is 2.28. The quantitative estimate of drug-likeness (QED) is 0.424. The molecule has 1 N–H and O–H groups in total. The maximum atomic E-state index is 8.73. The minimum atomic E-state index is 0.564. The van der Waals surface area contributed by atoms with Gasteiger partial charge in [0.15, 0.2) is 0 Å². The molecule has 0 spiro atoms. The average Bonchev–Trinajstić information content (AvgIpc) is 3.07. The van der Waals surface area contributed by atoms with E-state index in [1.165, 1.54) is 27.4 Å². The van der Waals surface area contributed by atoms with Crippen molar-refractivity contribution in [1.82, 2.24) is 4.57 Å². The number of rotatable bonds is 1. The van der Waals surface area contributed by atoms with Crippen LogP contribution < -0.4 is 0 Å². The van der Waals surface area contributed by atoms with Crippen LogP contribution in [0.2, 0.25) is 0 Å². The minimum Gasteiger partial charge on any atom is -0.309 e. The molecule has 2 heteroatoms. The van der Waals surface area contributed by atoms with E-state index in [1.54, 1.807) is 0 Å². The van der Waals surface area contributed by atoms with E-state index < -0.39 is 0 Å². The van der Waals surface area contributed by atoms with E-state index in [4.69, 9.17) is 5.41 Å². The van der Waals surface area contributed by atoms with Gasteiger partial charge in [0.25, 0.3) is 0 Å². The highest BCUT2D eigenvalue weighted by Crippen LogP contribution is 2.32. The summed E-state index contributed by atoms with van der Waals surface area (Å²) in [6, 6.07) is 25.3. The van der Waals surface area contributed by atoms with Gasteiger partial charge >= 0.3 is 0 Å². The van der Waals surface area contributed by atoms with Crippen LogP contribution in [0.25, 0.3) is 27.5 Å². The van der Waals surface area contributed by atoms with Gasteiger partial charge in [-0.25, -0.2) is 0 Å². The lowest BCUT2D eigenvalue weighted by Gasteiger charge is -2.10. The van der Waals surface area contributed by atoms with Gasteiger partial charge in [-0.3, -0.25) is 0 Å². The first-order valence-electron chi connectivity index (χ1n) is 9.36. The van der Waals surface area contributed by atoms with E-state index in [0.29, 0.717) is 5.71 Å². The summed E-state index contributed by atoms with van der Waals surface area (Å²) in [6.45, 7) is 0. The molecule has 1 aromatic heterocycles. The van der Waals surface area contributed by atoms with Crippen molar-refractivity contribution in [2.75, 3.05) is 0 Å². The summed E-state index contributed by atoms with van der Waals surface area (Å²) in [6.07, 6.45) is 8.33. The topological polar surface area (TPSA) is 28.8 Å². The van der Waals surface area contributed by atoms with Crippen molar-refractivity contribution in [2.45, 2.75) is 12.8 Å². The molecule has 0 saturated carbocycles. The molecular weight excluding hydrogens is 328 g/mol. The van der Waals surface area contributed by atoms with Gasteiger partial charge in [-0.2, -0.15) is 0 Å². The zero-order valence-electron chi connectivity index (χ0n) is 15.0. The molecule has 0 radical (unpaired) electrons. The third-order valence-corrected chi connectivity index (χ3v) is 5.31. The highest BCUT2D eigenvalue weighted by Gasteiger charge is 2.14.